The van der Waals surface area contributed by atoms with Crippen LogP contribution in [0, 0.1) is 0 Å². The lowest BCUT2D eigenvalue weighted by Gasteiger charge is -2.10. The molecule has 0 radical (unpaired) electrons. The molecule has 0 saturated heterocycles. The van der Waals surface area contributed by atoms with Gasteiger partial charge >= 0.3 is 5.97 Å². The first-order chi connectivity index (χ1) is 10.5. The second-order valence-electron chi connectivity index (χ2n) is 4.58. The Balaban J connectivity index is 2.05. The molecule has 0 amide bonds. The number of benzene rings is 2. The number of hydrogen-bond donors (Lipinski definition) is 0. The molecule has 0 bridgehead atoms. The van der Waals surface area contributed by atoms with Gasteiger partial charge in [-0.25, -0.2) is 0 Å². The molecule has 0 aliphatic heterocycles. The normalized spacial score (nSPS) is 10.4. The highest BCUT2D eigenvalue weighted by molar-refractivity contribution is 9.11. The van der Waals surface area contributed by atoms with Crippen LogP contribution in [0.4, 0.5) is 0 Å². The molecule has 0 spiro atoms. The Labute approximate surface area is 150 Å². The van der Waals surface area contributed by atoms with E-state index in [-0.39, 0.29) is 12.4 Å². The zero-order valence-electron chi connectivity index (χ0n) is 11.7. The molecule has 2 aromatic rings. The molecule has 0 fully saturated rings. The molecule has 0 unspecified atom stereocenters. The summed E-state index contributed by atoms with van der Waals surface area (Å²) >= 11 is 13.1. The Kier molecular flexibility index (Phi) is 6.29. The summed E-state index contributed by atoms with van der Waals surface area (Å²) in [7, 11) is 1.36. The molecular weight excluding hydrogens is 435 g/mol. The van der Waals surface area contributed by atoms with Crippen LogP contribution in [-0.4, -0.2) is 13.1 Å². The zero-order valence-corrected chi connectivity index (χ0v) is 15.7. The van der Waals surface area contributed by atoms with Crippen LogP contribution in [0.3, 0.4) is 0 Å². The average Bonchev–Trinajstić information content (AvgIpc) is 2.45. The SMILES string of the molecule is COC(=O)Cc1ccc(OCc2cc(Br)cc(Br)c2)c(Cl)c1. The number of halogens is 3. The van der Waals surface area contributed by atoms with Crippen LogP contribution in [0.15, 0.2) is 45.3 Å². The molecule has 0 N–H and O–H groups in total. The molecule has 0 aliphatic carbocycles. The minimum Gasteiger partial charge on any atom is -0.487 e. The maximum Gasteiger partial charge on any atom is 0.309 e. The number of methoxy groups -OCH3 is 1. The van der Waals surface area contributed by atoms with Gasteiger partial charge in [0.05, 0.1) is 18.6 Å². The summed E-state index contributed by atoms with van der Waals surface area (Å²) in [6, 6.07) is 11.2. The fraction of sp³-hybridized carbons (Fsp3) is 0.188. The molecule has 0 heterocycles. The van der Waals surface area contributed by atoms with Crippen molar-refractivity contribution < 1.29 is 14.3 Å². The van der Waals surface area contributed by atoms with E-state index in [4.69, 9.17) is 16.3 Å². The molecule has 2 rings (SSSR count). The van der Waals surface area contributed by atoms with E-state index in [9.17, 15) is 4.79 Å². The molecule has 0 aliphatic rings. The summed E-state index contributed by atoms with van der Waals surface area (Å²) in [6.07, 6.45) is 0.190. The van der Waals surface area contributed by atoms with Crippen molar-refractivity contribution in [3.63, 3.8) is 0 Å². The van der Waals surface area contributed by atoms with Crippen molar-refractivity contribution in [1.82, 2.24) is 0 Å². The Hall–Kier alpha value is -1.04. The average molecular weight is 449 g/mol. The topological polar surface area (TPSA) is 35.5 Å². The van der Waals surface area contributed by atoms with E-state index in [0.29, 0.717) is 17.4 Å². The maximum absolute atomic E-state index is 11.2. The molecular formula is C16H13Br2ClO3. The van der Waals surface area contributed by atoms with Crippen LogP contribution >= 0.6 is 43.5 Å². The van der Waals surface area contributed by atoms with Gasteiger partial charge in [-0.3, -0.25) is 4.79 Å². The van der Waals surface area contributed by atoms with E-state index in [1.54, 1.807) is 18.2 Å². The zero-order chi connectivity index (χ0) is 16.1. The maximum atomic E-state index is 11.2. The Morgan fingerprint density at radius 3 is 2.36 bits per heavy atom. The lowest BCUT2D eigenvalue weighted by atomic mass is 10.1. The predicted octanol–water partition coefficient (Wildman–Crippen LogP) is 5.16. The van der Waals surface area contributed by atoms with E-state index < -0.39 is 0 Å². The number of esters is 1. The van der Waals surface area contributed by atoms with Gasteiger partial charge < -0.3 is 9.47 Å². The van der Waals surface area contributed by atoms with E-state index in [2.05, 4.69) is 36.6 Å². The minimum atomic E-state index is -0.302. The largest absolute Gasteiger partial charge is 0.487 e. The first-order valence-electron chi connectivity index (χ1n) is 6.41. The van der Waals surface area contributed by atoms with Crippen molar-refractivity contribution >= 4 is 49.4 Å². The van der Waals surface area contributed by atoms with E-state index >= 15 is 0 Å². The van der Waals surface area contributed by atoms with Crippen molar-refractivity contribution in [1.29, 1.82) is 0 Å². The van der Waals surface area contributed by atoms with Crippen molar-refractivity contribution in [3.8, 4) is 5.75 Å². The number of carbonyl (C=O) groups is 1. The molecule has 0 atom stereocenters. The van der Waals surface area contributed by atoms with Crippen LogP contribution in [0.5, 0.6) is 5.75 Å². The third kappa shape index (κ3) is 5.00. The smallest absolute Gasteiger partial charge is 0.309 e. The summed E-state index contributed by atoms with van der Waals surface area (Å²) < 4.78 is 12.3. The highest BCUT2D eigenvalue weighted by Crippen LogP contribution is 2.27. The monoisotopic (exact) mass is 446 g/mol. The Morgan fingerprint density at radius 1 is 1.09 bits per heavy atom. The van der Waals surface area contributed by atoms with Gasteiger partial charge in [0.2, 0.25) is 0 Å². The predicted molar refractivity (Wildman–Crippen MR) is 93.3 cm³/mol. The summed E-state index contributed by atoms with van der Waals surface area (Å²) in [4.78, 5) is 11.2. The summed E-state index contributed by atoms with van der Waals surface area (Å²) in [6.45, 7) is 0.397. The third-order valence-corrected chi connectivity index (χ3v) is 4.10. The first kappa shape index (κ1) is 17.3. The van der Waals surface area contributed by atoms with Gasteiger partial charge in [0.15, 0.2) is 0 Å². The lowest BCUT2D eigenvalue weighted by molar-refractivity contribution is -0.139. The second kappa shape index (κ2) is 7.99. The van der Waals surface area contributed by atoms with E-state index in [0.717, 1.165) is 20.1 Å². The molecule has 0 aromatic heterocycles. The van der Waals surface area contributed by atoms with Gasteiger partial charge in [0.1, 0.15) is 12.4 Å². The summed E-state index contributed by atoms with van der Waals surface area (Å²) in [5, 5.41) is 0.468. The number of rotatable bonds is 5. The van der Waals surface area contributed by atoms with Crippen molar-refractivity contribution in [3.05, 3.63) is 61.5 Å². The van der Waals surface area contributed by atoms with Crippen LogP contribution in [-0.2, 0) is 22.6 Å². The summed E-state index contributed by atoms with van der Waals surface area (Å²) in [5.41, 5.74) is 1.80. The Bertz CT molecular complexity index is 669. The van der Waals surface area contributed by atoms with Crippen LogP contribution in [0.25, 0.3) is 0 Å². The fourth-order valence-electron chi connectivity index (χ4n) is 1.87. The van der Waals surface area contributed by atoms with Crippen LogP contribution in [0.1, 0.15) is 11.1 Å². The lowest BCUT2D eigenvalue weighted by Crippen LogP contribution is -2.04. The van der Waals surface area contributed by atoms with Crippen molar-refractivity contribution in [2.75, 3.05) is 7.11 Å². The van der Waals surface area contributed by atoms with Gasteiger partial charge in [-0.2, -0.15) is 0 Å². The van der Waals surface area contributed by atoms with Gasteiger partial charge in [-0.1, -0.05) is 49.5 Å². The molecule has 0 saturated carbocycles. The fourth-order valence-corrected chi connectivity index (χ4v) is 3.51. The van der Waals surface area contributed by atoms with Crippen LogP contribution < -0.4 is 4.74 Å². The van der Waals surface area contributed by atoms with Gasteiger partial charge in [-0.05, 0) is 41.5 Å². The molecule has 116 valence electrons. The molecule has 3 nitrogen and oxygen atoms in total. The number of hydrogen-bond acceptors (Lipinski definition) is 3. The van der Waals surface area contributed by atoms with Crippen molar-refractivity contribution in [2.24, 2.45) is 0 Å². The van der Waals surface area contributed by atoms with Gasteiger partial charge in [0, 0.05) is 8.95 Å². The highest BCUT2D eigenvalue weighted by atomic mass is 79.9. The quantitative estimate of drug-likeness (QED) is 0.593. The molecule has 2 aromatic carbocycles. The van der Waals surface area contributed by atoms with Crippen molar-refractivity contribution in [2.45, 2.75) is 13.0 Å². The van der Waals surface area contributed by atoms with E-state index in [1.165, 1.54) is 7.11 Å². The van der Waals surface area contributed by atoms with Gasteiger partial charge in [0.25, 0.3) is 0 Å². The number of ether oxygens (including phenoxy) is 2. The molecule has 22 heavy (non-hydrogen) atoms. The molecule has 6 heteroatoms. The Morgan fingerprint density at radius 2 is 1.77 bits per heavy atom. The van der Waals surface area contributed by atoms with E-state index in [1.807, 2.05) is 18.2 Å². The standard InChI is InChI=1S/C16H13Br2ClO3/c1-21-16(20)7-10-2-3-15(14(19)6-10)22-9-11-4-12(17)8-13(18)5-11/h2-6,8H,7,9H2,1H3. The minimum absolute atomic E-state index is 0.190. The second-order valence-corrected chi connectivity index (χ2v) is 6.82. The summed E-state index contributed by atoms with van der Waals surface area (Å²) in [5.74, 6) is 0.273. The van der Waals surface area contributed by atoms with Gasteiger partial charge in [-0.15, -0.1) is 0 Å². The van der Waals surface area contributed by atoms with Crippen LogP contribution in [0.2, 0.25) is 5.02 Å². The highest BCUT2D eigenvalue weighted by Gasteiger charge is 2.08. The number of carbonyl (C=O) groups excluding carboxylic acids is 1. The third-order valence-electron chi connectivity index (χ3n) is 2.89. The first-order valence-corrected chi connectivity index (χ1v) is 8.37.